The zero-order valence-electron chi connectivity index (χ0n) is 10.5. The fraction of sp³-hybridized carbons (Fsp3) is 0.909. The third kappa shape index (κ3) is 4.92. The molecule has 0 aromatic heterocycles. The lowest BCUT2D eigenvalue weighted by Gasteiger charge is -2.33. The summed E-state index contributed by atoms with van der Waals surface area (Å²) in [5.41, 5.74) is 0. The van der Waals surface area contributed by atoms with Gasteiger partial charge in [-0.3, -0.25) is 9.69 Å². The quantitative estimate of drug-likeness (QED) is 0.610. The summed E-state index contributed by atoms with van der Waals surface area (Å²) >= 11 is 0. The molecular weight excluding hydrogens is 204 g/mol. The Labute approximate surface area is 98.2 Å². The molecule has 94 valence electrons. The lowest BCUT2D eigenvalue weighted by Crippen LogP contribution is -2.48. The zero-order valence-corrected chi connectivity index (χ0v) is 10.5. The molecule has 0 unspecified atom stereocenters. The molecular formula is C11H24N4O. The van der Waals surface area contributed by atoms with Gasteiger partial charge in [-0.25, -0.2) is 0 Å². The minimum absolute atomic E-state index is 0.0784. The number of piperazine rings is 1. The lowest BCUT2D eigenvalue weighted by atomic mass is 10.3. The molecule has 16 heavy (non-hydrogen) atoms. The maximum absolute atomic E-state index is 11.2. The zero-order chi connectivity index (χ0) is 11.8. The van der Waals surface area contributed by atoms with Crippen LogP contribution in [-0.4, -0.2) is 75.1 Å². The number of hydrogen-bond acceptors (Lipinski definition) is 4. The second kappa shape index (κ2) is 7.60. The molecule has 1 saturated heterocycles. The van der Waals surface area contributed by atoms with E-state index in [2.05, 4.69) is 27.4 Å². The summed E-state index contributed by atoms with van der Waals surface area (Å²) < 4.78 is 0. The molecule has 0 aromatic carbocycles. The number of nitrogens with zero attached hydrogens (tertiary/aromatic N) is 2. The number of hydrogen-bond donors (Lipinski definition) is 2. The van der Waals surface area contributed by atoms with Crippen molar-refractivity contribution in [1.29, 1.82) is 0 Å². The molecule has 0 aliphatic carbocycles. The van der Waals surface area contributed by atoms with E-state index in [4.69, 9.17) is 0 Å². The maximum Gasteiger partial charge on any atom is 0.233 e. The van der Waals surface area contributed by atoms with Gasteiger partial charge in [0.1, 0.15) is 0 Å². The lowest BCUT2D eigenvalue weighted by molar-refractivity contribution is -0.120. The fourth-order valence-corrected chi connectivity index (χ4v) is 1.91. The van der Waals surface area contributed by atoms with Crippen molar-refractivity contribution in [3.05, 3.63) is 0 Å². The van der Waals surface area contributed by atoms with Crippen molar-refractivity contribution in [3.63, 3.8) is 0 Å². The molecule has 2 N–H and O–H groups in total. The van der Waals surface area contributed by atoms with E-state index in [1.807, 2.05) is 0 Å². The molecule has 5 nitrogen and oxygen atoms in total. The van der Waals surface area contributed by atoms with Crippen molar-refractivity contribution in [2.24, 2.45) is 0 Å². The first kappa shape index (κ1) is 13.4. The number of amides is 1. The van der Waals surface area contributed by atoms with Gasteiger partial charge < -0.3 is 15.5 Å². The molecule has 1 aliphatic rings. The van der Waals surface area contributed by atoms with E-state index < -0.39 is 0 Å². The van der Waals surface area contributed by atoms with Gasteiger partial charge in [-0.15, -0.1) is 0 Å². The Kier molecular flexibility index (Phi) is 6.37. The second-order valence-corrected chi connectivity index (χ2v) is 4.16. The first-order valence-electron chi connectivity index (χ1n) is 6.12. The summed E-state index contributed by atoms with van der Waals surface area (Å²) in [6.45, 7) is 10.0. The van der Waals surface area contributed by atoms with Gasteiger partial charge in [-0.1, -0.05) is 6.92 Å². The Hall–Kier alpha value is -0.650. The normalized spacial score (nSPS) is 18.6. The minimum atomic E-state index is 0.0784. The van der Waals surface area contributed by atoms with Gasteiger partial charge in [0, 0.05) is 39.3 Å². The van der Waals surface area contributed by atoms with Crippen LogP contribution in [0.1, 0.15) is 6.92 Å². The van der Waals surface area contributed by atoms with Crippen LogP contribution in [-0.2, 0) is 4.79 Å². The second-order valence-electron chi connectivity index (χ2n) is 4.16. The number of nitrogens with one attached hydrogen (secondary N) is 2. The molecule has 0 radical (unpaired) electrons. The number of likely N-dealkylation sites (N-methyl/N-ethyl adjacent to an activating group) is 2. The van der Waals surface area contributed by atoms with Crippen LogP contribution in [0.25, 0.3) is 0 Å². The van der Waals surface area contributed by atoms with Crippen LogP contribution >= 0.6 is 0 Å². The summed E-state index contributed by atoms with van der Waals surface area (Å²) in [5.74, 6) is 0.0784. The Bertz CT molecular complexity index is 202. The number of carbonyl (C=O) groups is 1. The van der Waals surface area contributed by atoms with Crippen LogP contribution in [0.3, 0.4) is 0 Å². The molecule has 0 saturated carbocycles. The van der Waals surface area contributed by atoms with Gasteiger partial charge in [-0.2, -0.15) is 0 Å². The number of rotatable bonds is 6. The van der Waals surface area contributed by atoms with Crippen molar-refractivity contribution in [2.45, 2.75) is 6.92 Å². The van der Waals surface area contributed by atoms with Crippen molar-refractivity contribution >= 4 is 5.91 Å². The van der Waals surface area contributed by atoms with E-state index in [9.17, 15) is 4.79 Å². The highest BCUT2D eigenvalue weighted by Gasteiger charge is 2.14. The molecule has 0 spiro atoms. The molecule has 0 aromatic rings. The third-order valence-electron chi connectivity index (χ3n) is 3.00. The van der Waals surface area contributed by atoms with Gasteiger partial charge in [0.05, 0.1) is 6.54 Å². The first-order valence-corrected chi connectivity index (χ1v) is 6.12. The topological polar surface area (TPSA) is 47.6 Å². The van der Waals surface area contributed by atoms with Crippen LogP contribution in [0.4, 0.5) is 0 Å². The summed E-state index contributed by atoms with van der Waals surface area (Å²) in [6.07, 6.45) is 0. The van der Waals surface area contributed by atoms with E-state index in [-0.39, 0.29) is 5.91 Å². The predicted molar refractivity (Wildman–Crippen MR) is 65.5 cm³/mol. The highest BCUT2D eigenvalue weighted by molar-refractivity contribution is 5.77. The minimum Gasteiger partial charge on any atom is -0.354 e. The van der Waals surface area contributed by atoms with Crippen LogP contribution in [0, 0.1) is 0 Å². The molecule has 1 fully saturated rings. The standard InChI is InChI=1S/C11H24N4O/c1-3-14-6-8-15(9-7-14)5-4-13-11(16)10-12-2/h12H,3-10H2,1-2H3,(H,13,16). The Morgan fingerprint density at radius 2 is 1.81 bits per heavy atom. The maximum atomic E-state index is 11.2. The first-order chi connectivity index (χ1) is 7.76. The molecule has 0 bridgehead atoms. The molecule has 0 atom stereocenters. The van der Waals surface area contributed by atoms with E-state index >= 15 is 0 Å². The highest BCUT2D eigenvalue weighted by atomic mass is 16.1. The Morgan fingerprint density at radius 1 is 1.19 bits per heavy atom. The summed E-state index contributed by atoms with van der Waals surface area (Å²) in [4.78, 5) is 16.0. The predicted octanol–water partition coefficient (Wildman–Crippen LogP) is -1.04. The van der Waals surface area contributed by atoms with Gasteiger partial charge in [0.15, 0.2) is 0 Å². The van der Waals surface area contributed by atoms with Crippen molar-refractivity contribution in [1.82, 2.24) is 20.4 Å². The Morgan fingerprint density at radius 3 is 2.38 bits per heavy atom. The largest absolute Gasteiger partial charge is 0.354 e. The highest BCUT2D eigenvalue weighted by Crippen LogP contribution is 1.99. The van der Waals surface area contributed by atoms with E-state index in [1.54, 1.807) is 7.05 Å². The molecule has 1 amide bonds. The monoisotopic (exact) mass is 228 g/mol. The summed E-state index contributed by atoms with van der Waals surface area (Å²) in [5, 5.41) is 5.74. The van der Waals surface area contributed by atoms with Crippen molar-refractivity contribution in [3.8, 4) is 0 Å². The smallest absolute Gasteiger partial charge is 0.233 e. The van der Waals surface area contributed by atoms with Crippen LogP contribution < -0.4 is 10.6 Å². The van der Waals surface area contributed by atoms with E-state index in [0.29, 0.717) is 6.54 Å². The van der Waals surface area contributed by atoms with Gasteiger partial charge in [0.2, 0.25) is 5.91 Å². The molecule has 1 rings (SSSR count). The SMILES string of the molecule is CCN1CCN(CCNC(=O)CNC)CC1. The van der Waals surface area contributed by atoms with Crippen molar-refractivity contribution in [2.75, 3.05) is 59.4 Å². The molecule has 5 heteroatoms. The van der Waals surface area contributed by atoms with Crippen LogP contribution in [0.5, 0.6) is 0 Å². The van der Waals surface area contributed by atoms with E-state index in [0.717, 1.165) is 45.8 Å². The average Bonchev–Trinajstić information content (AvgIpc) is 2.30. The summed E-state index contributed by atoms with van der Waals surface area (Å²) in [6, 6.07) is 0. The molecule has 1 heterocycles. The fourth-order valence-electron chi connectivity index (χ4n) is 1.91. The van der Waals surface area contributed by atoms with Gasteiger partial charge in [0.25, 0.3) is 0 Å². The third-order valence-corrected chi connectivity index (χ3v) is 3.00. The van der Waals surface area contributed by atoms with E-state index in [1.165, 1.54) is 0 Å². The van der Waals surface area contributed by atoms with Gasteiger partial charge >= 0.3 is 0 Å². The Balaban J connectivity index is 2.04. The van der Waals surface area contributed by atoms with Crippen LogP contribution in [0.2, 0.25) is 0 Å². The van der Waals surface area contributed by atoms with Crippen molar-refractivity contribution < 1.29 is 4.79 Å². The van der Waals surface area contributed by atoms with Gasteiger partial charge in [-0.05, 0) is 13.6 Å². The van der Waals surface area contributed by atoms with Crippen LogP contribution in [0.15, 0.2) is 0 Å². The summed E-state index contributed by atoms with van der Waals surface area (Å²) in [7, 11) is 1.78. The average molecular weight is 228 g/mol. The number of carbonyl (C=O) groups excluding carboxylic acids is 1. The molecule has 1 aliphatic heterocycles.